The molecule has 0 bridgehead atoms. The van der Waals surface area contributed by atoms with Crippen molar-refractivity contribution in [2.45, 2.75) is 52.4 Å². The molecule has 1 fully saturated rings. The van der Waals surface area contributed by atoms with Gasteiger partial charge in [0.15, 0.2) is 17.3 Å². The number of hydrogen-bond acceptors (Lipinski definition) is 10. The van der Waals surface area contributed by atoms with E-state index in [1.54, 1.807) is 21.2 Å². The Morgan fingerprint density at radius 1 is 1.17 bits per heavy atom. The molecule has 2 aliphatic rings. The first kappa shape index (κ1) is 35.6. The SMILES string of the molecule is CCc1c(N2CCN(C(=O)c3ncc4c(cnn4C)c3O)[C@H](C)C2)c(=O)n2nc(C3=CCOCC3)nc2n1CC(=O)Nc1ccc(C(F)(F)F)cc1C. The van der Waals surface area contributed by atoms with Gasteiger partial charge < -0.3 is 29.5 Å². The number of piperazine rings is 1. The highest BCUT2D eigenvalue weighted by Gasteiger charge is 2.35. The number of rotatable bonds is 7. The zero-order valence-corrected chi connectivity index (χ0v) is 29.4. The van der Waals surface area contributed by atoms with Crippen molar-refractivity contribution in [2.24, 2.45) is 7.05 Å². The number of fused-ring (bicyclic) bond motifs is 2. The van der Waals surface area contributed by atoms with Crippen LogP contribution in [0.2, 0.25) is 0 Å². The smallest absolute Gasteiger partial charge is 0.416 e. The minimum absolute atomic E-state index is 0.101. The number of aryl methyl sites for hydroxylation is 2. The van der Waals surface area contributed by atoms with Gasteiger partial charge in [-0.15, -0.1) is 5.10 Å². The number of aromatic hydroxyl groups is 1. The topological polar surface area (TPSA) is 165 Å². The number of anilines is 2. The van der Waals surface area contributed by atoms with E-state index < -0.39 is 35.2 Å². The first-order chi connectivity index (χ1) is 25.3. The summed E-state index contributed by atoms with van der Waals surface area (Å²) in [7, 11) is 1.71. The Morgan fingerprint density at radius 3 is 2.64 bits per heavy atom. The molecular formula is C35H37F3N10O5. The number of hydrogen-bond donors (Lipinski definition) is 2. The van der Waals surface area contributed by atoms with Crippen molar-refractivity contribution >= 4 is 45.4 Å². The largest absolute Gasteiger partial charge is 0.505 e. The number of carbonyl (C=O) groups is 2. The number of aromatic nitrogens is 7. The lowest BCUT2D eigenvalue weighted by molar-refractivity contribution is -0.137. The first-order valence-electron chi connectivity index (χ1n) is 17.1. The van der Waals surface area contributed by atoms with E-state index in [-0.39, 0.29) is 60.3 Å². The van der Waals surface area contributed by atoms with Crippen molar-refractivity contribution < 1.29 is 32.6 Å². The number of halogens is 3. The van der Waals surface area contributed by atoms with Gasteiger partial charge in [0.2, 0.25) is 11.7 Å². The van der Waals surface area contributed by atoms with Crippen molar-refractivity contribution in [3.63, 3.8) is 0 Å². The lowest BCUT2D eigenvalue weighted by Crippen LogP contribution is -2.55. The van der Waals surface area contributed by atoms with Crippen LogP contribution in [0.25, 0.3) is 22.3 Å². The highest BCUT2D eigenvalue weighted by atomic mass is 19.4. The van der Waals surface area contributed by atoms with Gasteiger partial charge in [0.1, 0.15) is 12.2 Å². The van der Waals surface area contributed by atoms with Gasteiger partial charge in [0, 0.05) is 38.4 Å². The summed E-state index contributed by atoms with van der Waals surface area (Å²) < 4.78 is 49.6. The lowest BCUT2D eigenvalue weighted by Gasteiger charge is -2.41. The number of carbonyl (C=O) groups excluding carboxylic acids is 2. The monoisotopic (exact) mass is 734 g/mol. The van der Waals surface area contributed by atoms with Gasteiger partial charge in [-0.05, 0) is 56.0 Å². The molecule has 0 radical (unpaired) electrons. The second kappa shape index (κ2) is 13.6. The van der Waals surface area contributed by atoms with E-state index in [1.165, 1.54) is 29.9 Å². The van der Waals surface area contributed by atoms with Crippen molar-refractivity contribution in [1.29, 1.82) is 0 Å². The number of benzene rings is 1. The van der Waals surface area contributed by atoms with Gasteiger partial charge in [0.05, 0.1) is 47.8 Å². The van der Waals surface area contributed by atoms with E-state index in [9.17, 15) is 32.7 Å². The van der Waals surface area contributed by atoms with Crippen molar-refractivity contribution in [3.05, 3.63) is 75.4 Å². The Labute approximate surface area is 300 Å². The van der Waals surface area contributed by atoms with Crippen LogP contribution in [0.5, 0.6) is 5.75 Å². The van der Waals surface area contributed by atoms with Gasteiger partial charge in [-0.3, -0.25) is 19.1 Å². The zero-order valence-electron chi connectivity index (χ0n) is 29.4. The van der Waals surface area contributed by atoms with E-state index in [0.29, 0.717) is 48.5 Å². The zero-order chi connectivity index (χ0) is 37.8. The summed E-state index contributed by atoms with van der Waals surface area (Å²) in [5.74, 6) is -0.825. The molecule has 4 aromatic heterocycles. The van der Waals surface area contributed by atoms with Crippen LogP contribution in [0.3, 0.4) is 0 Å². The molecule has 53 heavy (non-hydrogen) atoms. The highest BCUT2D eigenvalue weighted by molar-refractivity contribution is 6.01. The average molecular weight is 735 g/mol. The summed E-state index contributed by atoms with van der Waals surface area (Å²) in [5, 5.41) is 22.7. The molecule has 1 aromatic carbocycles. The molecule has 1 saturated heterocycles. The van der Waals surface area contributed by atoms with Crippen molar-refractivity contribution in [2.75, 3.05) is 43.1 Å². The first-order valence-corrected chi connectivity index (χ1v) is 17.1. The molecule has 2 N–H and O–H groups in total. The fraction of sp³-hybridized carbons (Fsp3) is 0.400. The van der Waals surface area contributed by atoms with E-state index in [4.69, 9.17) is 9.72 Å². The highest BCUT2D eigenvalue weighted by Crippen LogP contribution is 2.32. The molecule has 0 aliphatic carbocycles. The van der Waals surface area contributed by atoms with Gasteiger partial charge in [-0.25, -0.2) is 4.98 Å². The Hall–Kier alpha value is -5.78. The van der Waals surface area contributed by atoms with E-state index in [0.717, 1.165) is 17.7 Å². The third-order valence-electron chi connectivity index (χ3n) is 9.73. The molecule has 6 heterocycles. The van der Waals surface area contributed by atoms with Crippen molar-refractivity contribution in [1.82, 2.24) is 38.8 Å². The number of nitrogens with zero attached hydrogens (tertiary/aromatic N) is 9. The molecule has 15 nitrogen and oxygen atoms in total. The Balaban J connectivity index is 1.23. The van der Waals surface area contributed by atoms with E-state index in [2.05, 4.69) is 20.5 Å². The molecule has 0 spiro atoms. The summed E-state index contributed by atoms with van der Waals surface area (Å²) in [6.07, 6.45) is 1.10. The standard InChI is InChI=1S/C35H37F3N10O5/c1-5-25-29(45-10-11-46(20(3)17-45)32(51)28-30(50)23-15-40-44(4)26(23)16-39-28)33(52)48-34(42-31(43-48)21-8-12-53-13-9-21)47(25)18-27(49)41-24-7-6-22(14-19(24)2)35(36,37)38/h6-8,14-16,20,50H,5,9-13,17-18H2,1-4H3,(H,41,49)/t20-/m1/s1. The predicted molar refractivity (Wildman–Crippen MR) is 188 cm³/mol. The summed E-state index contributed by atoms with van der Waals surface area (Å²) in [6, 6.07) is 2.65. The minimum atomic E-state index is -4.53. The van der Waals surface area contributed by atoms with E-state index >= 15 is 0 Å². The molecular weight excluding hydrogens is 697 g/mol. The maximum Gasteiger partial charge on any atom is 0.416 e. The number of amides is 2. The van der Waals surface area contributed by atoms with Crippen LogP contribution in [-0.4, -0.2) is 94.6 Å². The van der Waals surface area contributed by atoms with Gasteiger partial charge in [-0.2, -0.15) is 27.8 Å². The molecule has 7 rings (SSSR count). The molecule has 0 unspecified atom stereocenters. The van der Waals surface area contributed by atoms with Crippen LogP contribution in [0, 0.1) is 6.92 Å². The molecule has 278 valence electrons. The number of pyridine rings is 1. The summed E-state index contributed by atoms with van der Waals surface area (Å²) >= 11 is 0. The summed E-state index contributed by atoms with van der Waals surface area (Å²) in [4.78, 5) is 54.1. The number of alkyl halides is 3. The molecule has 2 amide bonds. The Kier molecular flexibility index (Phi) is 9.17. The molecule has 1 atom stereocenters. The normalized spacial score (nSPS) is 16.7. The van der Waals surface area contributed by atoms with Crippen LogP contribution >= 0.6 is 0 Å². The maximum atomic E-state index is 14.3. The fourth-order valence-electron chi connectivity index (χ4n) is 6.96. The molecule has 2 aliphatic heterocycles. The van der Waals surface area contributed by atoms with Gasteiger partial charge >= 0.3 is 6.18 Å². The van der Waals surface area contributed by atoms with Gasteiger partial charge in [-0.1, -0.05) is 13.0 Å². The summed E-state index contributed by atoms with van der Waals surface area (Å²) in [5.41, 5.74) is 1.21. The van der Waals surface area contributed by atoms with Crippen LogP contribution in [0.4, 0.5) is 24.5 Å². The molecule has 5 aromatic rings. The average Bonchev–Trinajstić information content (AvgIpc) is 3.75. The van der Waals surface area contributed by atoms with E-state index in [1.807, 2.05) is 24.8 Å². The number of ether oxygens (including phenoxy) is 1. The summed E-state index contributed by atoms with van der Waals surface area (Å²) in [6.45, 7) is 6.30. The van der Waals surface area contributed by atoms with Crippen LogP contribution in [0.1, 0.15) is 53.4 Å². The Morgan fingerprint density at radius 2 is 1.96 bits per heavy atom. The van der Waals surface area contributed by atoms with Gasteiger partial charge in [0.25, 0.3) is 11.5 Å². The second-order valence-corrected chi connectivity index (χ2v) is 13.1. The maximum absolute atomic E-state index is 14.3. The molecule has 0 saturated carbocycles. The fourth-order valence-corrected chi connectivity index (χ4v) is 6.96. The Bertz CT molecular complexity index is 2360. The third kappa shape index (κ3) is 6.47. The van der Waals surface area contributed by atoms with Crippen LogP contribution in [-0.2, 0) is 35.7 Å². The second-order valence-electron chi connectivity index (χ2n) is 13.1. The minimum Gasteiger partial charge on any atom is -0.505 e. The number of nitrogens with one attached hydrogen (secondary N) is 1. The van der Waals surface area contributed by atoms with Crippen LogP contribution < -0.4 is 15.8 Å². The third-order valence-corrected chi connectivity index (χ3v) is 9.73. The quantitative estimate of drug-likeness (QED) is 0.253. The van der Waals surface area contributed by atoms with Crippen molar-refractivity contribution in [3.8, 4) is 5.75 Å². The lowest BCUT2D eigenvalue weighted by atomic mass is 10.1. The molecule has 18 heteroatoms. The van der Waals surface area contributed by atoms with Crippen LogP contribution in [0.15, 0.2) is 41.5 Å². The predicted octanol–water partition coefficient (Wildman–Crippen LogP) is 3.56.